The van der Waals surface area contributed by atoms with Crippen molar-refractivity contribution in [1.29, 1.82) is 0 Å². The van der Waals surface area contributed by atoms with Crippen molar-refractivity contribution < 1.29 is 9.59 Å². The molecule has 7 nitrogen and oxygen atoms in total. The normalized spacial score (nSPS) is 15.3. The van der Waals surface area contributed by atoms with Crippen molar-refractivity contribution in [2.24, 2.45) is 0 Å². The summed E-state index contributed by atoms with van der Waals surface area (Å²) in [5.74, 6) is 0.0528. The van der Waals surface area contributed by atoms with Crippen molar-refractivity contribution >= 4 is 46.5 Å². The van der Waals surface area contributed by atoms with Gasteiger partial charge in [0.05, 0.1) is 10.6 Å². The third-order valence-corrected chi connectivity index (χ3v) is 4.45. The first kappa shape index (κ1) is 18.4. The van der Waals surface area contributed by atoms with Crippen LogP contribution >= 0.6 is 23.4 Å². The lowest BCUT2D eigenvalue weighted by molar-refractivity contribution is -0.115. The molecule has 1 aliphatic heterocycles. The van der Waals surface area contributed by atoms with Crippen LogP contribution in [0.25, 0.3) is 6.08 Å². The fourth-order valence-corrected chi connectivity index (χ4v) is 3.12. The minimum atomic E-state index is -0.404. The van der Waals surface area contributed by atoms with Gasteiger partial charge in [0.1, 0.15) is 0 Å². The first-order valence-corrected chi connectivity index (χ1v) is 9.06. The molecule has 1 saturated heterocycles. The van der Waals surface area contributed by atoms with E-state index in [1.165, 1.54) is 0 Å². The molecule has 2 amide bonds. The standard InChI is InChI=1S/C17H16ClN5O2S/c18-12-3-1-2-11(8-12)10-19-6-7-21-16-20-5-4-13(22-16)9-14-15(24)23-17(25)26-14/h1-5,8-9,19H,6-7,10H2,(H,20,21,22)(H,23,24,25)/b14-9-. The summed E-state index contributed by atoms with van der Waals surface area (Å²) >= 11 is 6.81. The molecule has 1 aliphatic rings. The highest BCUT2D eigenvalue weighted by Gasteiger charge is 2.25. The molecule has 2 heterocycles. The summed E-state index contributed by atoms with van der Waals surface area (Å²) in [5.41, 5.74) is 1.67. The number of carbonyl (C=O) groups is 2. The Morgan fingerprint density at radius 1 is 1.23 bits per heavy atom. The second-order valence-corrected chi connectivity index (χ2v) is 6.84. The molecule has 1 fully saturated rings. The number of carbonyl (C=O) groups excluding carboxylic acids is 2. The lowest BCUT2D eigenvalue weighted by Crippen LogP contribution is -2.22. The molecule has 3 N–H and O–H groups in total. The van der Waals surface area contributed by atoms with Gasteiger partial charge >= 0.3 is 0 Å². The zero-order valence-corrected chi connectivity index (χ0v) is 15.2. The van der Waals surface area contributed by atoms with Crippen LogP contribution in [0.15, 0.2) is 41.4 Å². The minimum Gasteiger partial charge on any atom is -0.353 e. The van der Waals surface area contributed by atoms with Crippen molar-refractivity contribution in [2.45, 2.75) is 6.54 Å². The first-order chi connectivity index (χ1) is 12.6. The molecule has 0 spiro atoms. The number of hydrogen-bond donors (Lipinski definition) is 3. The maximum atomic E-state index is 11.6. The van der Waals surface area contributed by atoms with Crippen molar-refractivity contribution in [2.75, 3.05) is 18.4 Å². The molecule has 0 saturated carbocycles. The summed E-state index contributed by atoms with van der Waals surface area (Å²) < 4.78 is 0. The second kappa shape index (κ2) is 8.79. The number of thioether (sulfide) groups is 1. The number of aromatic nitrogens is 2. The lowest BCUT2D eigenvalue weighted by atomic mass is 10.2. The number of halogens is 1. The number of nitrogens with zero attached hydrogens (tertiary/aromatic N) is 2. The number of rotatable bonds is 7. The monoisotopic (exact) mass is 389 g/mol. The number of anilines is 1. The van der Waals surface area contributed by atoms with E-state index in [1.807, 2.05) is 24.3 Å². The van der Waals surface area contributed by atoms with Gasteiger partial charge in [-0.2, -0.15) is 0 Å². The highest BCUT2D eigenvalue weighted by molar-refractivity contribution is 8.18. The van der Waals surface area contributed by atoms with E-state index in [2.05, 4.69) is 25.9 Å². The van der Waals surface area contributed by atoms with Crippen molar-refractivity contribution in [3.05, 3.63) is 57.7 Å². The summed E-state index contributed by atoms with van der Waals surface area (Å²) in [6, 6.07) is 9.36. The average Bonchev–Trinajstić information content (AvgIpc) is 2.92. The second-order valence-electron chi connectivity index (χ2n) is 5.39. The van der Waals surface area contributed by atoms with Gasteiger partial charge in [-0.25, -0.2) is 9.97 Å². The molecular weight excluding hydrogens is 374 g/mol. The number of amides is 2. The van der Waals surface area contributed by atoms with Crippen molar-refractivity contribution in [3.8, 4) is 0 Å². The fraction of sp³-hybridized carbons (Fsp3) is 0.176. The first-order valence-electron chi connectivity index (χ1n) is 7.87. The van der Waals surface area contributed by atoms with E-state index in [0.29, 0.717) is 29.6 Å². The Hall–Kier alpha value is -2.42. The van der Waals surface area contributed by atoms with Gasteiger partial charge in [0, 0.05) is 30.9 Å². The zero-order valence-electron chi connectivity index (χ0n) is 13.7. The number of imide groups is 1. The van der Waals surface area contributed by atoms with Gasteiger partial charge in [0.15, 0.2) is 0 Å². The van der Waals surface area contributed by atoms with E-state index >= 15 is 0 Å². The van der Waals surface area contributed by atoms with Gasteiger partial charge in [-0.15, -0.1) is 0 Å². The molecule has 1 aromatic carbocycles. The van der Waals surface area contributed by atoms with Crippen molar-refractivity contribution in [1.82, 2.24) is 20.6 Å². The number of hydrogen-bond acceptors (Lipinski definition) is 7. The van der Waals surface area contributed by atoms with Crippen LogP contribution in [0.4, 0.5) is 10.7 Å². The predicted octanol–water partition coefficient (Wildman–Crippen LogP) is 2.66. The van der Waals surface area contributed by atoms with E-state index < -0.39 is 5.91 Å². The highest BCUT2D eigenvalue weighted by atomic mass is 35.5. The van der Waals surface area contributed by atoms with Crippen LogP contribution in [0.2, 0.25) is 5.02 Å². The Morgan fingerprint density at radius 2 is 2.12 bits per heavy atom. The largest absolute Gasteiger partial charge is 0.353 e. The van der Waals surface area contributed by atoms with E-state index in [9.17, 15) is 9.59 Å². The third kappa shape index (κ3) is 5.29. The molecule has 3 rings (SSSR count). The van der Waals surface area contributed by atoms with Crippen LogP contribution in [0.3, 0.4) is 0 Å². The Morgan fingerprint density at radius 3 is 2.88 bits per heavy atom. The smallest absolute Gasteiger partial charge is 0.290 e. The summed E-state index contributed by atoms with van der Waals surface area (Å²) in [6.45, 7) is 2.07. The van der Waals surface area contributed by atoms with E-state index in [4.69, 9.17) is 11.6 Å². The molecule has 0 atom stereocenters. The zero-order chi connectivity index (χ0) is 18.4. The fourth-order valence-electron chi connectivity index (χ4n) is 2.24. The van der Waals surface area contributed by atoms with Crippen LogP contribution in [0, 0.1) is 0 Å². The molecule has 0 aliphatic carbocycles. The molecule has 26 heavy (non-hydrogen) atoms. The Kier molecular flexibility index (Phi) is 6.21. The summed E-state index contributed by atoms with van der Waals surface area (Å²) in [5, 5.41) is 8.97. The summed E-state index contributed by atoms with van der Waals surface area (Å²) in [7, 11) is 0. The van der Waals surface area contributed by atoms with Crippen LogP contribution in [0.5, 0.6) is 0 Å². The van der Waals surface area contributed by atoms with Crippen LogP contribution < -0.4 is 16.0 Å². The van der Waals surface area contributed by atoms with E-state index in [-0.39, 0.29) is 5.24 Å². The van der Waals surface area contributed by atoms with Gasteiger partial charge in [-0.05, 0) is 41.6 Å². The topological polar surface area (TPSA) is 96.0 Å². The summed E-state index contributed by atoms with van der Waals surface area (Å²) in [6.07, 6.45) is 3.16. The highest BCUT2D eigenvalue weighted by Crippen LogP contribution is 2.25. The van der Waals surface area contributed by atoms with Gasteiger partial charge < -0.3 is 10.6 Å². The van der Waals surface area contributed by atoms with Gasteiger partial charge in [-0.1, -0.05) is 23.7 Å². The SMILES string of the molecule is O=C1NC(=O)/C(=C/c2ccnc(NCCNCc3cccc(Cl)c3)n2)S1. The molecule has 2 aromatic rings. The Bertz CT molecular complexity index is 859. The van der Waals surface area contributed by atoms with Crippen LogP contribution in [-0.2, 0) is 11.3 Å². The van der Waals surface area contributed by atoms with Gasteiger partial charge in [0.25, 0.3) is 11.1 Å². The summed E-state index contributed by atoms with van der Waals surface area (Å²) in [4.78, 5) is 31.5. The molecule has 1 aromatic heterocycles. The molecule has 0 bridgehead atoms. The maximum absolute atomic E-state index is 11.6. The van der Waals surface area contributed by atoms with Gasteiger partial charge in [0.2, 0.25) is 5.95 Å². The predicted molar refractivity (Wildman–Crippen MR) is 103 cm³/mol. The molecule has 9 heteroatoms. The van der Waals surface area contributed by atoms with E-state index in [1.54, 1.807) is 18.3 Å². The molecule has 0 unspecified atom stereocenters. The minimum absolute atomic E-state index is 0.322. The van der Waals surface area contributed by atoms with Gasteiger partial charge in [-0.3, -0.25) is 14.9 Å². The molecular formula is C17H16ClN5O2S. The molecule has 0 radical (unpaired) electrons. The Labute approximate surface area is 159 Å². The molecule has 134 valence electrons. The lowest BCUT2D eigenvalue weighted by Gasteiger charge is -2.07. The number of benzene rings is 1. The third-order valence-electron chi connectivity index (χ3n) is 3.40. The number of nitrogens with one attached hydrogen (secondary N) is 3. The van der Waals surface area contributed by atoms with Crippen molar-refractivity contribution in [3.63, 3.8) is 0 Å². The average molecular weight is 390 g/mol. The van der Waals surface area contributed by atoms with Crippen LogP contribution in [0.1, 0.15) is 11.3 Å². The maximum Gasteiger partial charge on any atom is 0.290 e. The van der Waals surface area contributed by atoms with E-state index in [0.717, 1.165) is 28.9 Å². The van der Waals surface area contributed by atoms with Crippen LogP contribution in [-0.4, -0.2) is 34.2 Å². The Balaban J connectivity index is 1.47. The quantitative estimate of drug-likeness (QED) is 0.494.